The van der Waals surface area contributed by atoms with Crippen LogP contribution in [0.5, 0.6) is 0 Å². The lowest BCUT2D eigenvalue weighted by Gasteiger charge is -2.17. The van der Waals surface area contributed by atoms with Crippen LogP contribution in [0.25, 0.3) is 0 Å². The van der Waals surface area contributed by atoms with Crippen molar-refractivity contribution >= 4 is 19.1 Å². The molecule has 0 saturated carbocycles. The highest BCUT2D eigenvalue weighted by Gasteiger charge is 2.35. The molecule has 0 bridgehead atoms. The number of nitrogen functional groups attached to an aromatic ring is 1. The molecule has 1 aromatic rings. The molecule has 1 aliphatic heterocycles. The van der Waals surface area contributed by atoms with E-state index >= 15 is 0 Å². The quantitative estimate of drug-likeness (QED) is 0.716. The molecule has 23 heavy (non-hydrogen) atoms. The Labute approximate surface area is 131 Å². The highest BCUT2D eigenvalue weighted by atomic mass is 31.2. The molecule has 11 heteroatoms. The van der Waals surface area contributed by atoms with Crippen LogP contribution >= 0.6 is 7.60 Å². The van der Waals surface area contributed by atoms with E-state index in [1.807, 2.05) is 0 Å². The maximum Gasteiger partial charge on any atom is 0.435 e. The summed E-state index contributed by atoms with van der Waals surface area (Å²) in [6.45, 7) is 1.23. The highest BCUT2D eigenvalue weighted by molar-refractivity contribution is 7.70. The molecule has 1 unspecified atom stereocenters. The maximum absolute atomic E-state index is 11.7. The number of carbonyl (C=O) groups is 1. The van der Waals surface area contributed by atoms with Gasteiger partial charge in [0.15, 0.2) is 0 Å². The number of aromatic nitrogens is 2. The molecule has 128 valence electrons. The number of anilines is 1. The minimum Gasteiger partial charge on any atom is -0.457 e. The van der Waals surface area contributed by atoms with Gasteiger partial charge in [-0.3, -0.25) is 9.09 Å². The van der Waals surface area contributed by atoms with Crippen LogP contribution in [-0.4, -0.2) is 39.5 Å². The molecule has 2 heterocycles. The molecule has 1 aliphatic rings. The number of rotatable bonds is 6. The molecule has 1 aromatic heterocycles. The standard InChI is InChI=1S/C12H18N3O7P/c1-2-20-12(17)23(18,19)21-7-8-3-4-10(22-8)15-6-5-9(13)14-11(15)16/h5-6,8,10H,2-4,7H2,1H3,(H,18,19)(H2,13,14,16)/t8-,10+/m0/s1. The van der Waals surface area contributed by atoms with E-state index in [4.69, 9.17) is 15.0 Å². The number of hydrogen-bond acceptors (Lipinski definition) is 8. The van der Waals surface area contributed by atoms with Gasteiger partial charge in [0.05, 0.1) is 19.3 Å². The monoisotopic (exact) mass is 347 g/mol. The predicted molar refractivity (Wildman–Crippen MR) is 78.9 cm³/mol. The molecule has 10 nitrogen and oxygen atoms in total. The van der Waals surface area contributed by atoms with Crippen molar-refractivity contribution in [2.24, 2.45) is 0 Å². The number of nitrogens with two attached hydrogens (primary N) is 1. The highest BCUT2D eigenvalue weighted by Crippen LogP contribution is 2.45. The average Bonchev–Trinajstić information content (AvgIpc) is 2.94. The molecule has 2 rings (SSSR count). The van der Waals surface area contributed by atoms with Gasteiger partial charge in [-0.25, -0.2) is 14.2 Å². The lowest BCUT2D eigenvalue weighted by Crippen LogP contribution is -2.28. The molecule has 0 aliphatic carbocycles. The number of carbonyl (C=O) groups excluding carboxylic acids is 1. The SMILES string of the molecule is CCOC(=O)P(=O)(O)OC[C@@H]1CC[C@H](n2ccc(N)nc2=O)O1. The van der Waals surface area contributed by atoms with Gasteiger partial charge >= 0.3 is 19.0 Å². The summed E-state index contributed by atoms with van der Waals surface area (Å²) in [6, 6.07) is 1.47. The van der Waals surface area contributed by atoms with Crippen molar-refractivity contribution in [1.29, 1.82) is 0 Å². The summed E-state index contributed by atoms with van der Waals surface area (Å²) in [6.07, 6.45) is 1.36. The van der Waals surface area contributed by atoms with Crippen LogP contribution in [0.15, 0.2) is 17.1 Å². The van der Waals surface area contributed by atoms with Crippen LogP contribution < -0.4 is 11.4 Å². The Morgan fingerprint density at radius 3 is 3.00 bits per heavy atom. The normalized spacial score (nSPS) is 23.4. The lowest BCUT2D eigenvalue weighted by atomic mass is 10.2. The largest absolute Gasteiger partial charge is 0.457 e. The number of hydrogen-bond donors (Lipinski definition) is 2. The van der Waals surface area contributed by atoms with Crippen molar-refractivity contribution in [1.82, 2.24) is 9.55 Å². The zero-order chi connectivity index (χ0) is 17.0. The smallest absolute Gasteiger partial charge is 0.435 e. The zero-order valence-corrected chi connectivity index (χ0v) is 13.3. The fourth-order valence-electron chi connectivity index (χ4n) is 2.10. The summed E-state index contributed by atoms with van der Waals surface area (Å²) in [5.74, 6) is 0.111. The van der Waals surface area contributed by atoms with Crippen LogP contribution in [0.1, 0.15) is 26.0 Å². The van der Waals surface area contributed by atoms with Crippen molar-refractivity contribution in [2.45, 2.75) is 32.1 Å². The fourth-order valence-corrected chi connectivity index (χ4v) is 2.87. The second-order valence-corrected chi connectivity index (χ2v) is 6.51. The van der Waals surface area contributed by atoms with Crippen LogP contribution in [0.3, 0.4) is 0 Å². The molecule has 0 radical (unpaired) electrons. The molecule has 3 atom stereocenters. The van der Waals surface area contributed by atoms with Crippen molar-refractivity contribution in [3.63, 3.8) is 0 Å². The van der Waals surface area contributed by atoms with Crippen LogP contribution in [0.4, 0.5) is 10.6 Å². The molecule has 3 N–H and O–H groups in total. The van der Waals surface area contributed by atoms with Gasteiger partial charge in [-0.1, -0.05) is 0 Å². The Balaban J connectivity index is 1.92. The van der Waals surface area contributed by atoms with Crippen molar-refractivity contribution in [2.75, 3.05) is 18.9 Å². The Hall–Kier alpha value is -1.74. The van der Waals surface area contributed by atoms with Gasteiger partial charge in [0.25, 0.3) is 0 Å². The van der Waals surface area contributed by atoms with E-state index in [-0.39, 0.29) is 19.0 Å². The van der Waals surface area contributed by atoms with Gasteiger partial charge < -0.3 is 20.1 Å². The third-order valence-corrected chi connectivity index (χ3v) is 4.27. The van der Waals surface area contributed by atoms with Crippen molar-refractivity contribution < 1.29 is 28.3 Å². The molecular formula is C12H18N3O7P. The number of ether oxygens (including phenoxy) is 2. The van der Waals surface area contributed by atoms with Gasteiger partial charge in [-0.15, -0.1) is 0 Å². The summed E-state index contributed by atoms with van der Waals surface area (Å²) in [5.41, 5.74) is 3.57. The Morgan fingerprint density at radius 2 is 2.35 bits per heavy atom. The fraction of sp³-hybridized carbons (Fsp3) is 0.583. The van der Waals surface area contributed by atoms with E-state index in [9.17, 15) is 19.0 Å². The Bertz CT molecular complexity index is 677. The number of nitrogens with zero attached hydrogens (tertiary/aromatic N) is 2. The second kappa shape index (κ2) is 7.22. The van der Waals surface area contributed by atoms with E-state index < -0.39 is 31.3 Å². The summed E-state index contributed by atoms with van der Waals surface area (Å²) < 4.78 is 27.7. The van der Waals surface area contributed by atoms with Crippen molar-refractivity contribution in [3.05, 3.63) is 22.7 Å². The van der Waals surface area contributed by atoms with E-state index in [2.05, 4.69) is 9.72 Å². The minimum atomic E-state index is -4.50. The van der Waals surface area contributed by atoms with Gasteiger partial charge in [0.2, 0.25) is 0 Å². The first-order valence-corrected chi connectivity index (χ1v) is 8.56. The Kier molecular flexibility index (Phi) is 5.53. The van der Waals surface area contributed by atoms with Gasteiger partial charge in [0.1, 0.15) is 12.0 Å². The summed E-state index contributed by atoms with van der Waals surface area (Å²) in [5, 5.41) is 0. The maximum atomic E-state index is 11.7. The topological polar surface area (TPSA) is 143 Å². The Morgan fingerprint density at radius 1 is 1.61 bits per heavy atom. The molecule has 0 amide bonds. The second-order valence-electron chi connectivity index (χ2n) is 4.85. The summed E-state index contributed by atoms with van der Waals surface area (Å²) in [7, 11) is -4.50. The first-order chi connectivity index (χ1) is 10.8. The lowest BCUT2D eigenvalue weighted by molar-refractivity contribution is -0.0213. The molecule has 1 saturated heterocycles. The van der Waals surface area contributed by atoms with Crippen LogP contribution in [0.2, 0.25) is 0 Å². The van der Waals surface area contributed by atoms with E-state index in [1.165, 1.54) is 23.8 Å². The summed E-state index contributed by atoms with van der Waals surface area (Å²) in [4.78, 5) is 36.0. The third-order valence-electron chi connectivity index (χ3n) is 3.18. The first-order valence-electron chi connectivity index (χ1n) is 6.98. The summed E-state index contributed by atoms with van der Waals surface area (Å²) >= 11 is 0. The van der Waals surface area contributed by atoms with Gasteiger partial charge in [0, 0.05) is 6.20 Å². The third kappa shape index (κ3) is 4.38. The first kappa shape index (κ1) is 17.6. The van der Waals surface area contributed by atoms with Gasteiger partial charge in [-0.2, -0.15) is 4.98 Å². The van der Waals surface area contributed by atoms with E-state index in [0.717, 1.165) is 0 Å². The molecule has 0 aromatic carbocycles. The zero-order valence-electron chi connectivity index (χ0n) is 12.5. The van der Waals surface area contributed by atoms with Gasteiger partial charge in [-0.05, 0) is 25.8 Å². The molecular weight excluding hydrogens is 329 g/mol. The van der Waals surface area contributed by atoms with Crippen LogP contribution in [-0.2, 0) is 18.6 Å². The van der Waals surface area contributed by atoms with E-state index in [0.29, 0.717) is 12.8 Å². The molecule has 1 fully saturated rings. The molecule has 0 spiro atoms. The minimum absolute atomic E-state index is 0.0260. The van der Waals surface area contributed by atoms with E-state index in [1.54, 1.807) is 0 Å². The van der Waals surface area contributed by atoms with Crippen molar-refractivity contribution in [3.8, 4) is 0 Å². The van der Waals surface area contributed by atoms with Crippen LogP contribution in [0, 0.1) is 0 Å². The predicted octanol–water partition coefficient (Wildman–Crippen LogP) is 0.862. The average molecular weight is 347 g/mol.